The summed E-state index contributed by atoms with van der Waals surface area (Å²) in [6, 6.07) is 7.56. The summed E-state index contributed by atoms with van der Waals surface area (Å²) in [5, 5.41) is 13.3. The van der Waals surface area contributed by atoms with E-state index in [2.05, 4.69) is 26.6 Å². The number of ether oxygens (including phenoxy) is 2. The largest absolute Gasteiger partial charge is 0.460 e. The van der Waals surface area contributed by atoms with Gasteiger partial charge in [0.05, 0.1) is 35.5 Å². The fourth-order valence-corrected chi connectivity index (χ4v) is 4.82. The summed E-state index contributed by atoms with van der Waals surface area (Å²) in [6.45, 7) is -1.27. The molecule has 19 nitrogen and oxygen atoms in total. The minimum absolute atomic E-state index is 0.207. The molecule has 0 aliphatic carbocycles. The second-order valence-corrected chi connectivity index (χ2v) is 11.7. The maximum absolute atomic E-state index is 12.8. The Hall–Kier alpha value is -5.59. The molecule has 1 saturated heterocycles. The van der Waals surface area contributed by atoms with Crippen LogP contribution >= 0.6 is 0 Å². The van der Waals surface area contributed by atoms with E-state index in [-0.39, 0.29) is 32.1 Å². The lowest BCUT2D eigenvalue weighted by molar-refractivity contribution is -0.145. The maximum atomic E-state index is 12.8. The van der Waals surface area contributed by atoms with Crippen molar-refractivity contribution in [1.82, 2.24) is 41.7 Å². The van der Waals surface area contributed by atoms with E-state index < -0.39 is 99.2 Å². The first-order chi connectivity index (χ1) is 26.2. The summed E-state index contributed by atoms with van der Waals surface area (Å²) < 4.78 is 25.6. The van der Waals surface area contributed by atoms with Crippen LogP contribution in [-0.2, 0) is 59.2 Å². The topological polar surface area (TPSA) is 251 Å². The number of hydrogen-bond donors (Lipinski definition) is 6. The van der Waals surface area contributed by atoms with Gasteiger partial charge in [-0.3, -0.25) is 43.2 Å². The van der Waals surface area contributed by atoms with Crippen LogP contribution in [0.4, 0.5) is 0 Å². The maximum Gasteiger partial charge on any atom is 0.325 e. The molecule has 0 radical (unpaired) electrons. The van der Waals surface area contributed by atoms with Crippen molar-refractivity contribution in [3.8, 4) is 0 Å². The van der Waals surface area contributed by atoms with Crippen LogP contribution in [-0.4, -0.2) is 141 Å². The fraction of sp³-hybridized carbons (Fsp3) is 0.559. The fourth-order valence-electron chi connectivity index (χ4n) is 4.82. The third-order valence-corrected chi connectivity index (χ3v) is 7.39. The van der Waals surface area contributed by atoms with E-state index in [0.29, 0.717) is 25.1 Å². The molecular formula is C34H50N8O11. The third-order valence-electron chi connectivity index (χ3n) is 7.39. The number of nitrogens with zero attached hydrogens (tertiary/aromatic N) is 2. The number of benzene rings is 1. The molecule has 1 atom stereocenters. The van der Waals surface area contributed by atoms with Crippen molar-refractivity contribution in [1.29, 1.82) is 0 Å². The Bertz CT molecular complexity index is 1510. The molecule has 0 spiro atoms. The highest BCUT2D eigenvalue weighted by Crippen LogP contribution is 2.17. The SMILES string of the molecule is [2H]C([2H])(NC(=O)CNC(=O)CNC(=O)[C@@H]1CCCN1C(=O)CNC(=O)CNC(=O)CNC(=O)COCC(=O)N(CCC)CCC)C(=O)OCc1ccccc1. The number of esters is 1. The molecule has 1 aromatic rings. The molecule has 0 aromatic heterocycles. The molecule has 2 rings (SSSR count). The molecule has 6 N–H and O–H groups in total. The van der Waals surface area contributed by atoms with Crippen molar-refractivity contribution in [2.45, 2.75) is 52.2 Å². The van der Waals surface area contributed by atoms with Gasteiger partial charge in [-0.05, 0) is 31.2 Å². The Morgan fingerprint density at radius 3 is 1.89 bits per heavy atom. The van der Waals surface area contributed by atoms with Gasteiger partial charge in [-0.15, -0.1) is 0 Å². The molecule has 1 aliphatic rings. The minimum Gasteiger partial charge on any atom is -0.460 e. The van der Waals surface area contributed by atoms with Gasteiger partial charge in [0, 0.05) is 19.6 Å². The Labute approximate surface area is 310 Å². The van der Waals surface area contributed by atoms with Crippen molar-refractivity contribution in [2.24, 2.45) is 0 Å². The molecular weight excluding hydrogens is 696 g/mol. The van der Waals surface area contributed by atoms with E-state index in [1.165, 1.54) is 4.90 Å². The first-order valence-electron chi connectivity index (χ1n) is 18.2. The van der Waals surface area contributed by atoms with Gasteiger partial charge in [0.2, 0.25) is 47.3 Å². The summed E-state index contributed by atoms with van der Waals surface area (Å²) in [7, 11) is 0. The van der Waals surface area contributed by atoms with Crippen molar-refractivity contribution in [3.05, 3.63) is 35.9 Å². The zero-order chi connectivity index (χ0) is 40.8. The van der Waals surface area contributed by atoms with Crippen molar-refractivity contribution in [3.63, 3.8) is 0 Å². The zero-order valence-corrected chi connectivity index (χ0v) is 30.0. The molecule has 8 amide bonds. The lowest BCUT2D eigenvalue weighted by atomic mass is 10.2. The standard InChI is InChI=1S/C34H50N8O11/c1-3-12-41(13-4-2)32(49)23-52-22-30(47)37-17-26(43)35-15-27(44)38-19-31(48)42-14-8-11-25(42)34(51)40-18-29(46)36-16-28(45)39-20-33(50)53-21-24-9-6-5-7-10-24/h5-7,9-10,25H,3-4,8,11-23H2,1-2H3,(H,35,43)(H,36,46)(H,37,47)(H,38,44)(H,39,45)(H,40,51)/t25-/m0/s1/i20D2. The predicted molar refractivity (Wildman–Crippen MR) is 187 cm³/mol. The molecule has 1 aromatic carbocycles. The summed E-state index contributed by atoms with van der Waals surface area (Å²) in [6.07, 6.45) is 2.33. The average Bonchev–Trinajstić information content (AvgIpc) is 3.66. The third kappa shape index (κ3) is 17.9. The smallest absolute Gasteiger partial charge is 0.325 e. The summed E-state index contributed by atoms with van der Waals surface area (Å²) in [5.41, 5.74) is 0.611. The van der Waals surface area contributed by atoms with Crippen LogP contribution in [0.15, 0.2) is 30.3 Å². The summed E-state index contributed by atoms with van der Waals surface area (Å²) in [5.74, 6) is -6.69. The quantitative estimate of drug-likeness (QED) is 0.0619. The number of carbonyl (C=O) groups excluding carboxylic acids is 9. The number of amides is 8. The van der Waals surface area contributed by atoms with E-state index in [1.807, 2.05) is 19.2 Å². The number of hydrogen-bond acceptors (Lipinski definition) is 11. The normalized spacial score (nSPS) is 14.1. The van der Waals surface area contributed by atoms with Crippen LogP contribution in [0.1, 0.15) is 47.8 Å². The lowest BCUT2D eigenvalue weighted by Crippen LogP contribution is -2.51. The lowest BCUT2D eigenvalue weighted by Gasteiger charge is -2.24. The second kappa shape index (κ2) is 24.6. The van der Waals surface area contributed by atoms with Crippen molar-refractivity contribution >= 4 is 53.2 Å². The molecule has 19 heteroatoms. The second-order valence-electron chi connectivity index (χ2n) is 11.7. The van der Waals surface area contributed by atoms with Gasteiger partial charge in [-0.2, -0.15) is 0 Å². The highest BCUT2D eigenvalue weighted by Gasteiger charge is 2.34. The minimum atomic E-state index is -2.87. The molecule has 0 bridgehead atoms. The Kier molecular flexibility index (Phi) is 18.6. The van der Waals surface area contributed by atoms with Crippen LogP contribution in [0, 0.1) is 0 Å². The van der Waals surface area contributed by atoms with E-state index >= 15 is 0 Å². The number of carbonyl (C=O) groups is 9. The van der Waals surface area contributed by atoms with Crippen molar-refractivity contribution < 1.29 is 55.4 Å². The molecule has 0 saturated carbocycles. The number of rotatable bonds is 23. The Morgan fingerprint density at radius 2 is 1.28 bits per heavy atom. The Morgan fingerprint density at radius 1 is 0.736 bits per heavy atom. The first-order valence-corrected chi connectivity index (χ1v) is 17.2. The van der Waals surface area contributed by atoms with E-state index in [0.717, 1.165) is 12.8 Å². The highest BCUT2D eigenvalue weighted by molar-refractivity contribution is 5.94. The van der Waals surface area contributed by atoms with E-state index in [4.69, 9.17) is 12.2 Å². The number of nitrogens with one attached hydrogen (secondary N) is 6. The highest BCUT2D eigenvalue weighted by atomic mass is 16.5. The molecule has 1 fully saturated rings. The molecule has 0 unspecified atom stereocenters. The Balaban J connectivity index is 1.63. The van der Waals surface area contributed by atoms with Crippen LogP contribution in [0.5, 0.6) is 0 Å². The van der Waals surface area contributed by atoms with Gasteiger partial charge in [0.1, 0.15) is 32.4 Å². The predicted octanol–water partition coefficient (Wildman–Crippen LogP) is -2.92. The summed E-state index contributed by atoms with van der Waals surface area (Å²) in [4.78, 5) is 113. The van der Waals surface area contributed by atoms with Gasteiger partial charge >= 0.3 is 5.97 Å². The monoisotopic (exact) mass is 748 g/mol. The van der Waals surface area contributed by atoms with Gasteiger partial charge < -0.3 is 51.2 Å². The van der Waals surface area contributed by atoms with Crippen LogP contribution in [0.3, 0.4) is 0 Å². The van der Waals surface area contributed by atoms with Gasteiger partial charge in [0.25, 0.3) is 0 Å². The van der Waals surface area contributed by atoms with Gasteiger partial charge in [-0.25, -0.2) is 0 Å². The van der Waals surface area contributed by atoms with Crippen molar-refractivity contribution in [2.75, 3.05) is 72.1 Å². The van der Waals surface area contributed by atoms with Crippen LogP contribution in [0.25, 0.3) is 0 Å². The van der Waals surface area contributed by atoms with E-state index in [9.17, 15) is 43.2 Å². The van der Waals surface area contributed by atoms with Gasteiger partial charge in [-0.1, -0.05) is 44.2 Å². The molecule has 53 heavy (non-hydrogen) atoms. The van der Waals surface area contributed by atoms with Crippen LogP contribution in [0.2, 0.25) is 0 Å². The first kappa shape index (κ1) is 40.2. The summed E-state index contributed by atoms with van der Waals surface area (Å²) >= 11 is 0. The zero-order valence-electron chi connectivity index (χ0n) is 32.0. The molecule has 1 heterocycles. The molecule has 1 aliphatic heterocycles. The average molecular weight is 749 g/mol. The number of likely N-dealkylation sites (tertiary alicyclic amines) is 1. The van der Waals surface area contributed by atoms with E-state index in [1.54, 1.807) is 35.2 Å². The van der Waals surface area contributed by atoms with Gasteiger partial charge in [0.15, 0.2) is 0 Å². The molecule has 292 valence electrons. The van der Waals surface area contributed by atoms with Crippen LogP contribution < -0.4 is 31.9 Å².